The Morgan fingerprint density at radius 2 is 1.96 bits per heavy atom. The van der Waals surface area contributed by atoms with Crippen molar-refractivity contribution in [2.24, 2.45) is 0 Å². The molecule has 3 aromatic rings. The van der Waals surface area contributed by atoms with E-state index in [2.05, 4.69) is 5.32 Å². The van der Waals surface area contributed by atoms with Crippen LogP contribution in [0.4, 0.5) is 10.1 Å². The summed E-state index contributed by atoms with van der Waals surface area (Å²) in [6.07, 6.45) is 0. The molecule has 6 heteroatoms. The van der Waals surface area contributed by atoms with Crippen molar-refractivity contribution in [3.05, 3.63) is 64.3 Å². The predicted molar refractivity (Wildman–Crippen MR) is 96.6 cm³/mol. The van der Waals surface area contributed by atoms with E-state index >= 15 is 0 Å². The lowest BCUT2D eigenvalue weighted by molar-refractivity contribution is -0.119. The van der Waals surface area contributed by atoms with Gasteiger partial charge in [-0.3, -0.25) is 4.79 Å². The number of ether oxygens (including phenoxy) is 1. The minimum Gasteiger partial charge on any atom is -0.451 e. The predicted octanol–water partition coefficient (Wildman–Crippen LogP) is 4.45. The first-order valence-corrected chi connectivity index (χ1v) is 8.48. The largest absolute Gasteiger partial charge is 0.451 e. The SMILES string of the molecule is Cc1cccc(NC(=O)COC(=O)c2cc3cc(F)ccc3s2)c1C. The van der Waals surface area contributed by atoms with Crippen LogP contribution in [0.15, 0.2) is 42.5 Å². The lowest BCUT2D eigenvalue weighted by Gasteiger charge is -2.10. The van der Waals surface area contributed by atoms with E-state index < -0.39 is 11.9 Å². The Balaban J connectivity index is 1.63. The maximum Gasteiger partial charge on any atom is 0.348 e. The molecule has 0 bridgehead atoms. The number of thiophene rings is 1. The van der Waals surface area contributed by atoms with Gasteiger partial charge in [-0.05, 0) is 60.7 Å². The molecule has 1 heterocycles. The molecule has 2 aromatic carbocycles. The number of halogens is 1. The number of nitrogens with one attached hydrogen (secondary N) is 1. The molecule has 0 saturated heterocycles. The van der Waals surface area contributed by atoms with Gasteiger partial charge in [0.1, 0.15) is 10.7 Å². The highest BCUT2D eigenvalue weighted by Gasteiger charge is 2.14. The Morgan fingerprint density at radius 1 is 1.16 bits per heavy atom. The third kappa shape index (κ3) is 3.85. The van der Waals surface area contributed by atoms with Gasteiger partial charge in [-0.1, -0.05) is 12.1 Å². The summed E-state index contributed by atoms with van der Waals surface area (Å²) < 4.78 is 19.0. The van der Waals surface area contributed by atoms with Crippen molar-refractivity contribution in [3.8, 4) is 0 Å². The fourth-order valence-electron chi connectivity index (χ4n) is 2.39. The number of esters is 1. The third-order valence-electron chi connectivity index (χ3n) is 3.89. The average molecular weight is 357 g/mol. The monoisotopic (exact) mass is 357 g/mol. The first-order chi connectivity index (χ1) is 11.9. The number of hydrogen-bond acceptors (Lipinski definition) is 4. The highest BCUT2D eigenvalue weighted by Crippen LogP contribution is 2.26. The Labute approximate surface area is 148 Å². The van der Waals surface area contributed by atoms with E-state index in [1.165, 1.54) is 23.5 Å². The van der Waals surface area contributed by atoms with Crippen molar-refractivity contribution < 1.29 is 18.7 Å². The summed E-state index contributed by atoms with van der Waals surface area (Å²) in [6.45, 7) is 3.48. The summed E-state index contributed by atoms with van der Waals surface area (Å²) in [5.41, 5.74) is 2.72. The summed E-state index contributed by atoms with van der Waals surface area (Å²) in [4.78, 5) is 24.4. The van der Waals surface area contributed by atoms with Crippen LogP contribution in [0, 0.1) is 19.7 Å². The highest BCUT2D eigenvalue weighted by atomic mass is 32.1. The van der Waals surface area contributed by atoms with Gasteiger partial charge >= 0.3 is 5.97 Å². The molecule has 0 unspecified atom stereocenters. The van der Waals surface area contributed by atoms with E-state index in [4.69, 9.17) is 4.74 Å². The lowest BCUT2D eigenvalue weighted by Crippen LogP contribution is -2.21. The second-order valence-corrected chi connectivity index (χ2v) is 6.75. The zero-order valence-corrected chi connectivity index (χ0v) is 14.6. The van der Waals surface area contributed by atoms with Gasteiger partial charge in [0.25, 0.3) is 5.91 Å². The molecule has 3 rings (SSSR count). The number of carbonyl (C=O) groups is 2. The van der Waals surface area contributed by atoms with Crippen LogP contribution in [0.5, 0.6) is 0 Å². The number of anilines is 1. The minimum absolute atomic E-state index is 0.333. The summed E-state index contributed by atoms with van der Waals surface area (Å²) in [5, 5.41) is 3.37. The van der Waals surface area contributed by atoms with Crippen LogP contribution in [0.3, 0.4) is 0 Å². The molecule has 1 aromatic heterocycles. The highest BCUT2D eigenvalue weighted by molar-refractivity contribution is 7.20. The second-order valence-electron chi connectivity index (χ2n) is 5.66. The zero-order chi connectivity index (χ0) is 18.0. The van der Waals surface area contributed by atoms with E-state index in [0.29, 0.717) is 16.0 Å². The summed E-state index contributed by atoms with van der Waals surface area (Å²) in [5.74, 6) is -1.37. The second kappa shape index (κ2) is 7.03. The van der Waals surface area contributed by atoms with Gasteiger partial charge < -0.3 is 10.1 Å². The summed E-state index contributed by atoms with van der Waals surface area (Å²) in [6, 6.07) is 11.5. The van der Waals surface area contributed by atoms with Crippen LogP contribution >= 0.6 is 11.3 Å². The molecule has 0 spiro atoms. The smallest absolute Gasteiger partial charge is 0.348 e. The van der Waals surface area contributed by atoms with Gasteiger partial charge in [-0.2, -0.15) is 0 Å². The van der Waals surface area contributed by atoms with Crippen molar-refractivity contribution in [2.75, 3.05) is 11.9 Å². The molecule has 128 valence electrons. The van der Waals surface area contributed by atoms with Crippen molar-refractivity contribution >= 4 is 39.0 Å². The van der Waals surface area contributed by atoms with E-state index in [1.54, 1.807) is 18.2 Å². The Hall–Kier alpha value is -2.73. The van der Waals surface area contributed by atoms with E-state index in [1.807, 2.05) is 26.0 Å². The van der Waals surface area contributed by atoms with E-state index in [9.17, 15) is 14.0 Å². The van der Waals surface area contributed by atoms with E-state index in [0.717, 1.165) is 15.8 Å². The molecular weight excluding hydrogens is 341 g/mol. The number of benzene rings is 2. The molecule has 0 fully saturated rings. The number of carbonyl (C=O) groups excluding carboxylic acids is 2. The first-order valence-electron chi connectivity index (χ1n) is 7.66. The lowest BCUT2D eigenvalue weighted by atomic mass is 10.1. The molecule has 4 nitrogen and oxygen atoms in total. The van der Waals surface area contributed by atoms with Crippen molar-refractivity contribution in [3.63, 3.8) is 0 Å². The molecule has 25 heavy (non-hydrogen) atoms. The van der Waals surface area contributed by atoms with Crippen molar-refractivity contribution in [2.45, 2.75) is 13.8 Å². The van der Waals surface area contributed by atoms with Gasteiger partial charge in [0, 0.05) is 10.4 Å². The average Bonchev–Trinajstić information content (AvgIpc) is 3.00. The number of rotatable bonds is 4. The van der Waals surface area contributed by atoms with Gasteiger partial charge in [0.2, 0.25) is 0 Å². The quantitative estimate of drug-likeness (QED) is 0.702. The fourth-order valence-corrected chi connectivity index (χ4v) is 3.33. The van der Waals surface area contributed by atoms with Crippen molar-refractivity contribution in [1.82, 2.24) is 0 Å². The molecule has 0 atom stereocenters. The minimum atomic E-state index is -0.599. The zero-order valence-electron chi connectivity index (χ0n) is 13.8. The standard InChI is InChI=1S/C19H16FNO3S/c1-11-4-3-5-15(12(11)2)21-18(22)10-24-19(23)17-9-13-8-14(20)6-7-16(13)25-17/h3-9H,10H2,1-2H3,(H,21,22). The van der Waals surface area contributed by atoms with Crippen LogP contribution < -0.4 is 5.32 Å². The van der Waals surface area contributed by atoms with E-state index in [-0.39, 0.29) is 12.4 Å². The van der Waals surface area contributed by atoms with Gasteiger partial charge in [-0.15, -0.1) is 11.3 Å². The van der Waals surface area contributed by atoms with Gasteiger partial charge in [0.05, 0.1) is 0 Å². The maximum absolute atomic E-state index is 13.2. The van der Waals surface area contributed by atoms with Gasteiger partial charge in [-0.25, -0.2) is 9.18 Å². The number of amides is 1. The normalized spacial score (nSPS) is 10.7. The number of aryl methyl sites for hydroxylation is 1. The first kappa shape index (κ1) is 17.1. The fraction of sp³-hybridized carbons (Fsp3) is 0.158. The summed E-state index contributed by atoms with van der Waals surface area (Å²) in [7, 11) is 0. The molecular formula is C19H16FNO3S. The summed E-state index contributed by atoms with van der Waals surface area (Å²) >= 11 is 1.20. The molecule has 0 aliphatic rings. The topological polar surface area (TPSA) is 55.4 Å². The van der Waals surface area contributed by atoms with Crippen LogP contribution in [0.2, 0.25) is 0 Å². The van der Waals surface area contributed by atoms with Gasteiger partial charge in [0.15, 0.2) is 6.61 Å². The molecule has 0 aliphatic carbocycles. The Kier molecular flexibility index (Phi) is 4.81. The molecule has 0 aliphatic heterocycles. The van der Waals surface area contributed by atoms with Crippen molar-refractivity contribution in [1.29, 1.82) is 0 Å². The molecule has 0 saturated carbocycles. The number of fused-ring (bicyclic) bond motifs is 1. The Bertz CT molecular complexity index is 964. The molecule has 0 radical (unpaired) electrons. The molecule has 1 amide bonds. The molecule has 1 N–H and O–H groups in total. The van der Waals surface area contributed by atoms with Crippen LogP contribution in [-0.4, -0.2) is 18.5 Å². The maximum atomic E-state index is 13.2. The van der Waals surface area contributed by atoms with Crippen LogP contribution in [0.1, 0.15) is 20.8 Å². The van der Waals surface area contributed by atoms with Crippen LogP contribution in [0.25, 0.3) is 10.1 Å². The third-order valence-corrected chi connectivity index (χ3v) is 4.99. The Morgan fingerprint density at radius 3 is 2.76 bits per heavy atom. The van der Waals surface area contributed by atoms with Crippen LogP contribution in [-0.2, 0) is 9.53 Å². The number of hydrogen-bond donors (Lipinski definition) is 1.